The summed E-state index contributed by atoms with van der Waals surface area (Å²) in [5.41, 5.74) is 13.1. The van der Waals surface area contributed by atoms with Crippen LogP contribution in [0.1, 0.15) is 35.1 Å². The van der Waals surface area contributed by atoms with E-state index in [1.807, 2.05) is 0 Å². The Morgan fingerprint density at radius 3 is 2.45 bits per heavy atom. The van der Waals surface area contributed by atoms with E-state index in [0.717, 1.165) is 19.4 Å². The average Bonchev–Trinajstić information content (AvgIpc) is 2.96. The van der Waals surface area contributed by atoms with E-state index in [-0.39, 0.29) is 6.04 Å². The van der Waals surface area contributed by atoms with Crippen molar-refractivity contribution in [3.05, 3.63) is 144 Å². The van der Waals surface area contributed by atoms with E-state index in [0.29, 0.717) is 5.92 Å². The van der Waals surface area contributed by atoms with Gasteiger partial charge >= 0.3 is 0 Å². The Morgan fingerprint density at radius 2 is 1.55 bits per heavy atom. The number of aromatic nitrogens is 2. The second kappa shape index (κ2) is 9.22. The molecule has 5 aromatic rings. The van der Waals surface area contributed by atoms with Gasteiger partial charge in [0.25, 0.3) is 0 Å². The van der Waals surface area contributed by atoms with Crippen molar-refractivity contribution in [2.75, 3.05) is 0 Å². The van der Waals surface area contributed by atoms with Gasteiger partial charge in [0.05, 0.1) is 11.5 Å². The first-order chi connectivity index (χ1) is 18.7. The monoisotopic (exact) mass is 492 g/mol. The molecule has 3 aromatic carbocycles. The molecule has 4 heterocycles. The van der Waals surface area contributed by atoms with Gasteiger partial charge in [0.2, 0.25) is 11.4 Å². The van der Waals surface area contributed by atoms with Crippen LogP contribution in [0.3, 0.4) is 0 Å². The van der Waals surface area contributed by atoms with Gasteiger partial charge in [-0.25, -0.2) is 0 Å². The summed E-state index contributed by atoms with van der Waals surface area (Å²) in [7, 11) is 0. The molecular weight excluding hydrogens is 460 g/mol. The van der Waals surface area contributed by atoms with E-state index in [1.165, 1.54) is 55.9 Å². The zero-order chi connectivity index (χ0) is 25.6. The largest absolute Gasteiger partial charge is 0.213 e. The van der Waals surface area contributed by atoms with Crippen LogP contribution in [0.25, 0.3) is 33.6 Å². The summed E-state index contributed by atoms with van der Waals surface area (Å²) in [4.78, 5) is 0. The van der Waals surface area contributed by atoms with E-state index in [1.54, 1.807) is 0 Å². The first-order valence-electron chi connectivity index (χ1n) is 13.6. The fourth-order valence-electron chi connectivity index (χ4n) is 6.65. The molecule has 7 rings (SSSR count). The third kappa shape index (κ3) is 3.80. The number of hydrogen-bond acceptors (Lipinski definition) is 0. The lowest BCUT2D eigenvalue weighted by Gasteiger charge is -2.32. The summed E-state index contributed by atoms with van der Waals surface area (Å²) >= 11 is 0. The third-order valence-electron chi connectivity index (χ3n) is 8.39. The predicted molar refractivity (Wildman–Crippen MR) is 154 cm³/mol. The van der Waals surface area contributed by atoms with Gasteiger partial charge in [-0.2, -0.15) is 9.13 Å². The van der Waals surface area contributed by atoms with Crippen molar-refractivity contribution in [1.29, 1.82) is 0 Å². The number of aryl methyl sites for hydroxylation is 2. The number of fused-ring (bicyclic) bond motifs is 9. The SMILES string of the molecule is C=C1C[n+]2cc(C)ccc2-c2cc(-c3ccccc3)ccc2CCC2c3ccccc3-c3cccc[n+]3C12. The quantitative estimate of drug-likeness (QED) is 0.170. The standard InChI is InChI=1S/C36H32N2/c1-25-15-20-34-33-22-29(27-10-4-3-5-11-27)17-16-28(33)18-19-32-30-12-6-7-13-31(30)35-14-8-9-21-38(35)36(32)26(2)24-37(34)23-25/h3-17,20-23,32,36H,2,18-19,24H2,1H3/q+2. The molecular formula is C36H32N2+2. The van der Waals surface area contributed by atoms with Crippen LogP contribution < -0.4 is 9.13 Å². The lowest BCUT2D eigenvalue weighted by atomic mass is 9.76. The smallest absolute Gasteiger partial charge is 0.194 e. The van der Waals surface area contributed by atoms with Gasteiger partial charge < -0.3 is 0 Å². The topological polar surface area (TPSA) is 7.76 Å². The highest BCUT2D eigenvalue weighted by Gasteiger charge is 2.42. The summed E-state index contributed by atoms with van der Waals surface area (Å²) < 4.78 is 4.91. The zero-order valence-corrected chi connectivity index (χ0v) is 21.8. The molecule has 2 atom stereocenters. The highest BCUT2D eigenvalue weighted by molar-refractivity contribution is 5.73. The van der Waals surface area contributed by atoms with Gasteiger partial charge in [0, 0.05) is 34.9 Å². The maximum Gasteiger partial charge on any atom is 0.213 e. The number of hydrogen-bond donors (Lipinski definition) is 0. The molecule has 38 heavy (non-hydrogen) atoms. The summed E-state index contributed by atoms with van der Waals surface area (Å²) in [6.45, 7) is 7.72. The van der Waals surface area contributed by atoms with Crippen LogP contribution >= 0.6 is 0 Å². The molecule has 2 aliphatic heterocycles. The highest BCUT2D eigenvalue weighted by Crippen LogP contribution is 2.44. The van der Waals surface area contributed by atoms with E-state index in [4.69, 9.17) is 6.58 Å². The maximum absolute atomic E-state index is 4.75. The molecule has 2 aromatic heterocycles. The van der Waals surface area contributed by atoms with Crippen molar-refractivity contribution in [3.8, 4) is 33.6 Å². The second-order valence-corrected chi connectivity index (χ2v) is 10.8. The van der Waals surface area contributed by atoms with Crippen LogP contribution in [0, 0.1) is 6.92 Å². The van der Waals surface area contributed by atoms with Crippen LogP contribution in [0.5, 0.6) is 0 Å². The molecule has 2 heteroatoms. The normalized spacial score (nSPS) is 17.9. The molecule has 2 nitrogen and oxygen atoms in total. The Kier molecular flexibility index (Phi) is 5.55. The minimum absolute atomic E-state index is 0.215. The Morgan fingerprint density at radius 1 is 0.737 bits per heavy atom. The third-order valence-corrected chi connectivity index (χ3v) is 8.39. The molecule has 0 N–H and O–H groups in total. The molecule has 0 aliphatic carbocycles. The summed E-state index contributed by atoms with van der Waals surface area (Å²) in [6.07, 6.45) is 6.64. The molecule has 184 valence electrons. The van der Waals surface area contributed by atoms with Crippen LogP contribution in [0.2, 0.25) is 0 Å². The fraction of sp³-hybridized carbons (Fsp3) is 0.167. The Labute approximate surface area is 225 Å². The van der Waals surface area contributed by atoms with Crippen LogP contribution in [0.15, 0.2) is 128 Å². The molecule has 0 saturated heterocycles. The molecule has 2 aliphatic rings. The Hall–Kier alpha value is -4.30. The maximum atomic E-state index is 4.75. The van der Waals surface area contributed by atoms with Gasteiger partial charge in [0.15, 0.2) is 25.0 Å². The number of rotatable bonds is 1. The molecule has 0 fully saturated rings. The number of benzene rings is 3. The van der Waals surface area contributed by atoms with Crippen molar-refractivity contribution >= 4 is 0 Å². The van der Waals surface area contributed by atoms with Crippen LogP contribution in [-0.4, -0.2) is 0 Å². The summed E-state index contributed by atoms with van der Waals surface area (Å²) in [6, 6.07) is 38.1. The Bertz CT molecular complexity index is 1680. The summed E-state index contributed by atoms with van der Waals surface area (Å²) in [5.74, 6) is 0.368. The van der Waals surface area contributed by atoms with E-state index < -0.39 is 0 Å². The van der Waals surface area contributed by atoms with Crippen LogP contribution in [0.4, 0.5) is 0 Å². The molecule has 2 unspecified atom stereocenters. The van der Waals surface area contributed by atoms with Gasteiger partial charge in [-0.05, 0) is 66.3 Å². The van der Waals surface area contributed by atoms with E-state index in [2.05, 4.69) is 132 Å². The lowest BCUT2D eigenvalue weighted by Crippen LogP contribution is -2.51. The first-order valence-corrected chi connectivity index (χ1v) is 13.6. The predicted octanol–water partition coefficient (Wildman–Crippen LogP) is 7.41. The minimum atomic E-state index is 0.215. The molecule has 0 spiro atoms. The molecule has 0 bridgehead atoms. The zero-order valence-electron chi connectivity index (χ0n) is 21.8. The summed E-state index contributed by atoms with van der Waals surface area (Å²) in [5, 5.41) is 0. The van der Waals surface area contributed by atoms with Crippen molar-refractivity contribution in [2.24, 2.45) is 0 Å². The lowest BCUT2D eigenvalue weighted by molar-refractivity contribution is -0.723. The fourth-order valence-corrected chi connectivity index (χ4v) is 6.65. The molecule has 0 saturated carbocycles. The number of allylic oxidation sites excluding steroid dienone is 1. The van der Waals surface area contributed by atoms with Gasteiger partial charge in [-0.1, -0.05) is 67.2 Å². The first kappa shape index (κ1) is 22.9. The van der Waals surface area contributed by atoms with Crippen molar-refractivity contribution in [3.63, 3.8) is 0 Å². The average molecular weight is 493 g/mol. The van der Waals surface area contributed by atoms with Gasteiger partial charge in [0.1, 0.15) is 0 Å². The highest BCUT2D eigenvalue weighted by atomic mass is 15.0. The molecule has 0 amide bonds. The second-order valence-electron chi connectivity index (χ2n) is 10.8. The van der Waals surface area contributed by atoms with Crippen molar-refractivity contribution < 1.29 is 9.13 Å². The number of pyridine rings is 2. The van der Waals surface area contributed by atoms with E-state index in [9.17, 15) is 0 Å². The van der Waals surface area contributed by atoms with Gasteiger partial charge in [-0.3, -0.25) is 0 Å². The minimum Gasteiger partial charge on any atom is -0.194 e. The van der Waals surface area contributed by atoms with Crippen molar-refractivity contribution in [1.82, 2.24) is 0 Å². The van der Waals surface area contributed by atoms with Gasteiger partial charge in [-0.15, -0.1) is 0 Å². The molecule has 0 radical (unpaired) electrons. The van der Waals surface area contributed by atoms with Crippen LogP contribution in [-0.2, 0) is 13.0 Å². The van der Waals surface area contributed by atoms with Crippen molar-refractivity contribution in [2.45, 2.75) is 38.3 Å². The Balaban J connectivity index is 1.42. The van der Waals surface area contributed by atoms with E-state index >= 15 is 0 Å². The number of nitrogens with zero attached hydrogens (tertiary/aromatic N) is 2.